The number of para-hydroxylation sites is 1. The lowest BCUT2D eigenvalue weighted by Gasteiger charge is -2.07. The number of nitro benzene ring substituents is 1. The normalized spacial score (nSPS) is 10.4. The molecule has 0 unspecified atom stereocenters. The van der Waals surface area contributed by atoms with Crippen LogP contribution in [0.5, 0.6) is 0 Å². The summed E-state index contributed by atoms with van der Waals surface area (Å²) in [7, 11) is 0. The summed E-state index contributed by atoms with van der Waals surface area (Å²) in [5.41, 5.74) is 2.38. The van der Waals surface area contributed by atoms with Gasteiger partial charge < -0.3 is 10.6 Å². The average molecular weight is 407 g/mol. The Morgan fingerprint density at radius 1 is 1.13 bits per heavy atom. The molecule has 0 saturated carbocycles. The fourth-order valence-corrected chi connectivity index (χ4v) is 2.83. The van der Waals surface area contributed by atoms with E-state index in [1.54, 1.807) is 17.8 Å². The van der Waals surface area contributed by atoms with Crippen LogP contribution in [0.25, 0.3) is 5.69 Å². The van der Waals surface area contributed by atoms with Crippen LogP contribution in [0.2, 0.25) is 0 Å². The highest BCUT2D eigenvalue weighted by atomic mass is 16.6. The Morgan fingerprint density at radius 2 is 1.90 bits per heavy atom. The maximum Gasteiger partial charge on any atom is 0.273 e. The Labute approximate surface area is 172 Å². The number of aryl methyl sites for hydroxylation is 1. The van der Waals surface area contributed by atoms with Gasteiger partial charge in [-0.25, -0.2) is 4.68 Å². The predicted octanol–water partition coefficient (Wildman–Crippen LogP) is 2.18. The van der Waals surface area contributed by atoms with E-state index < -0.39 is 10.8 Å². The summed E-state index contributed by atoms with van der Waals surface area (Å²) in [5.74, 6) is -0.891. The number of nitrogens with one attached hydrogen (secondary N) is 2. The molecule has 3 aromatic rings. The molecular formula is C21H21N5O4. The Morgan fingerprint density at radius 3 is 2.63 bits per heavy atom. The van der Waals surface area contributed by atoms with Gasteiger partial charge in [0.25, 0.3) is 11.6 Å². The summed E-state index contributed by atoms with van der Waals surface area (Å²) in [6.07, 6.45) is 4.23. The van der Waals surface area contributed by atoms with Crippen molar-refractivity contribution < 1.29 is 14.5 Å². The number of hydrogen-bond donors (Lipinski definition) is 2. The van der Waals surface area contributed by atoms with E-state index in [0.29, 0.717) is 18.5 Å². The highest BCUT2D eigenvalue weighted by Crippen LogP contribution is 2.19. The number of rotatable bonds is 8. The molecule has 0 aliphatic rings. The van der Waals surface area contributed by atoms with Crippen LogP contribution in [-0.2, 0) is 11.2 Å². The van der Waals surface area contributed by atoms with Crippen LogP contribution in [0.15, 0.2) is 60.9 Å². The fourth-order valence-electron chi connectivity index (χ4n) is 2.83. The monoisotopic (exact) mass is 407 g/mol. The molecule has 3 rings (SSSR count). The Balaban J connectivity index is 1.44. The van der Waals surface area contributed by atoms with Crippen LogP contribution in [-0.4, -0.2) is 39.6 Å². The van der Waals surface area contributed by atoms with Crippen molar-refractivity contribution in [2.24, 2.45) is 0 Å². The summed E-state index contributed by atoms with van der Waals surface area (Å²) < 4.78 is 1.76. The summed E-state index contributed by atoms with van der Waals surface area (Å²) in [5, 5.41) is 20.5. The standard InChI is InChI=1S/C21H21N5O4/c1-15-7-8-17(11-19(15)26(29)30)21(28)23-13-20(27)22-10-9-16-12-24-25(14-16)18-5-3-2-4-6-18/h2-8,11-12,14H,9-10,13H2,1H3,(H,22,27)(H,23,28). The quantitative estimate of drug-likeness (QED) is 0.438. The molecule has 0 aliphatic carbocycles. The van der Waals surface area contributed by atoms with E-state index in [9.17, 15) is 19.7 Å². The first-order valence-electron chi connectivity index (χ1n) is 9.33. The number of amides is 2. The van der Waals surface area contributed by atoms with Crippen LogP contribution in [0.3, 0.4) is 0 Å². The number of carbonyl (C=O) groups is 2. The van der Waals surface area contributed by atoms with Crippen molar-refractivity contribution >= 4 is 17.5 Å². The number of carbonyl (C=O) groups excluding carboxylic acids is 2. The predicted molar refractivity (Wildman–Crippen MR) is 110 cm³/mol. The lowest BCUT2D eigenvalue weighted by atomic mass is 10.1. The molecule has 2 amide bonds. The Hall–Kier alpha value is -4.01. The Kier molecular flexibility index (Phi) is 6.53. The van der Waals surface area contributed by atoms with Crippen LogP contribution in [0.4, 0.5) is 5.69 Å². The zero-order valence-electron chi connectivity index (χ0n) is 16.4. The van der Waals surface area contributed by atoms with Crippen LogP contribution < -0.4 is 10.6 Å². The van der Waals surface area contributed by atoms with Crippen molar-refractivity contribution in [3.8, 4) is 5.69 Å². The van der Waals surface area contributed by atoms with Gasteiger partial charge in [0.05, 0.1) is 23.4 Å². The molecule has 0 spiro atoms. The van der Waals surface area contributed by atoms with Gasteiger partial charge in [-0.2, -0.15) is 5.10 Å². The molecule has 0 saturated heterocycles. The third kappa shape index (κ3) is 5.28. The van der Waals surface area contributed by atoms with E-state index in [4.69, 9.17) is 0 Å². The van der Waals surface area contributed by atoms with E-state index in [1.807, 2.05) is 36.5 Å². The van der Waals surface area contributed by atoms with E-state index in [1.165, 1.54) is 18.2 Å². The van der Waals surface area contributed by atoms with Gasteiger partial charge in [-0.3, -0.25) is 19.7 Å². The number of nitrogens with zero attached hydrogens (tertiary/aromatic N) is 3. The molecule has 0 radical (unpaired) electrons. The minimum absolute atomic E-state index is 0.133. The number of aromatic nitrogens is 2. The minimum Gasteiger partial charge on any atom is -0.354 e. The van der Waals surface area contributed by atoms with E-state index in [2.05, 4.69) is 15.7 Å². The largest absolute Gasteiger partial charge is 0.354 e. The van der Waals surface area contributed by atoms with Crippen molar-refractivity contribution in [2.75, 3.05) is 13.1 Å². The number of benzene rings is 2. The molecule has 0 aliphatic heterocycles. The highest BCUT2D eigenvalue weighted by molar-refractivity contribution is 5.97. The van der Waals surface area contributed by atoms with Crippen LogP contribution >= 0.6 is 0 Å². The first-order valence-corrected chi connectivity index (χ1v) is 9.33. The van der Waals surface area contributed by atoms with Crippen LogP contribution in [0.1, 0.15) is 21.5 Å². The topological polar surface area (TPSA) is 119 Å². The van der Waals surface area contributed by atoms with Gasteiger partial charge in [-0.1, -0.05) is 24.3 Å². The molecule has 9 nitrogen and oxygen atoms in total. The lowest BCUT2D eigenvalue weighted by Crippen LogP contribution is -2.37. The van der Waals surface area contributed by atoms with Gasteiger partial charge in [0, 0.05) is 29.9 Å². The molecule has 2 aromatic carbocycles. The van der Waals surface area contributed by atoms with Crippen molar-refractivity contribution in [2.45, 2.75) is 13.3 Å². The van der Waals surface area contributed by atoms with Crippen LogP contribution in [0, 0.1) is 17.0 Å². The van der Waals surface area contributed by atoms with Crippen molar-refractivity contribution in [3.63, 3.8) is 0 Å². The SMILES string of the molecule is Cc1ccc(C(=O)NCC(=O)NCCc2cnn(-c3ccccc3)c2)cc1[N+](=O)[O-]. The molecule has 154 valence electrons. The molecule has 9 heteroatoms. The first kappa shape index (κ1) is 20.7. The summed E-state index contributed by atoms with van der Waals surface area (Å²) in [6.45, 7) is 1.77. The van der Waals surface area contributed by atoms with E-state index in [-0.39, 0.29) is 23.7 Å². The summed E-state index contributed by atoms with van der Waals surface area (Å²) in [4.78, 5) is 34.6. The zero-order valence-corrected chi connectivity index (χ0v) is 16.4. The molecule has 30 heavy (non-hydrogen) atoms. The smallest absolute Gasteiger partial charge is 0.273 e. The summed E-state index contributed by atoms with van der Waals surface area (Å²) >= 11 is 0. The third-order valence-electron chi connectivity index (χ3n) is 4.47. The maximum absolute atomic E-state index is 12.1. The van der Waals surface area contributed by atoms with Gasteiger partial charge >= 0.3 is 0 Å². The highest BCUT2D eigenvalue weighted by Gasteiger charge is 2.15. The van der Waals surface area contributed by atoms with Crippen molar-refractivity contribution in [1.29, 1.82) is 0 Å². The molecule has 1 aromatic heterocycles. The lowest BCUT2D eigenvalue weighted by molar-refractivity contribution is -0.385. The second-order valence-corrected chi connectivity index (χ2v) is 6.67. The molecule has 0 bridgehead atoms. The summed E-state index contributed by atoms with van der Waals surface area (Å²) in [6, 6.07) is 13.9. The second-order valence-electron chi connectivity index (χ2n) is 6.67. The third-order valence-corrected chi connectivity index (χ3v) is 4.47. The maximum atomic E-state index is 12.1. The van der Waals surface area contributed by atoms with Crippen molar-refractivity contribution in [1.82, 2.24) is 20.4 Å². The average Bonchev–Trinajstić information content (AvgIpc) is 3.21. The van der Waals surface area contributed by atoms with E-state index >= 15 is 0 Å². The number of nitro groups is 1. The van der Waals surface area contributed by atoms with Gasteiger partial charge in [0.2, 0.25) is 5.91 Å². The molecule has 2 N–H and O–H groups in total. The van der Waals surface area contributed by atoms with Crippen molar-refractivity contribution in [3.05, 3.63) is 87.7 Å². The molecule has 0 atom stereocenters. The van der Waals surface area contributed by atoms with E-state index in [0.717, 1.165) is 11.3 Å². The molecule has 0 fully saturated rings. The first-order chi connectivity index (χ1) is 14.4. The minimum atomic E-state index is -0.544. The second kappa shape index (κ2) is 9.46. The van der Waals surface area contributed by atoms with Gasteiger partial charge in [0.15, 0.2) is 0 Å². The molecule has 1 heterocycles. The molecular weight excluding hydrogens is 386 g/mol. The van der Waals surface area contributed by atoms with Gasteiger partial charge in [0.1, 0.15) is 0 Å². The fraction of sp³-hybridized carbons (Fsp3) is 0.190. The number of hydrogen-bond acceptors (Lipinski definition) is 5. The Bertz CT molecular complexity index is 1060. The van der Waals surface area contributed by atoms with Gasteiger partial charge in [-0.15, -0.1) is 0 Å². The van der Waals surface area contributed by atoms with Gasteiger partial charge in [-0.05, 0) is 37.1 Å². The zero-order chi connectivity index (χ0) is 21.5.